The van der Waals surface area contributed by atoms with Crippen LogP contribution in [0.15, 0.2) is 48.5 Å². The van der Waals surface area contributed by atoms with Gasteiger partial charge in [0.25, 0.3) is 0 Å². The number of anilines is 1. The Morgan fingerprint density at radius 2 is 1.71 bits per heavy atom. The van der Waals surface area contributed by atoms with E-state index in [-0.39, 0.29) is 17.7 Å². The van der Waals surface area contributed by atoms with Crippen LogP contribution in [0.5, 0.6) is 5.75 Å². The summed E-state index contributed by atoms with van der Waals surface area (Å²) < 4.78 is 6.01. The minimum absolute atomic E-state index is 0.0324. The second-order valence-corrected chi connectivity index (χ2v) is 9.15. The van der Waals surface area contributed by atoms with Crippen LogP contribution in [0, 0.1) is 5.92 Å². The number of carbonyl (C=O) groups is 2. The molecule has 1 atom stereocenters. The summed E-state index contributed by atoms with van der Waals surface area (Å²) in [6.07, 6.45) is 5.98. The quantitative estimate of drug-likeness (QED) is 0.720. The Balaban J connectivity index is 1.46. The molecule has 1 N–H and O–H groups in total. The van der Waals surface area contributed by atoms with Crippen molar-refractivity contribution >= 4 is 17.5 Å². The number of amides is 2. The first kappa shape index (κ1) is 21.4. The maximum absolute atomic E-state index is 13.2. The van der Waals surface area contributed by atoms with E-state index in [0.717, 1.165) is 35.4 Å². The molecule has 1 aliphatic carbocycles. The molecule has 5 nitrogen and oxygen atoms in total. The van der Waals surface area contributed by atoms with Crippen molar-refractivity contribution in [2.24, 2.45) is 5.92 Å². The third kappa shape index (κ3) is 5.27. The lowest BCUT2D eigenvalue weighted by molar-refractivity contribution is -0.140. The van der Waals surface area contributed by atoms with Crippen molar-refractivity contribution < 1.29 is 14.3 Å². The second-order valence-electron chi connectivity index (χ2n) is 9.15. The van der Waals surface area contributed by atoms with E-state index in [9.17, 15) is 9.59 Å². The number of carbonyl (C=O) groups excluding carboxylic acids is 2. The standard InChI is InChI=1S/C26H32N2O3/c1-18(2)15-25(29)28-17-20-8-4-3-7-19(20)16-24(28)26(30)27-21-11-13-23(14-12-21)31-22-9-5-6-10-22/h3-4,7-8,11-14,18,22,24H,5-6,9-10,15-17H2,1-2H3,(H,27,30). The second kappa shape index (κ2) is 9.54. The molecule has 0 bridgehead atoms. The van der Waals surface area contributed by atoms with Gasteiger partial charge in [-0.25, -0.2) is 0 Å². The fraction of sp³-hybridized carbons (Fsp3) is 0.462. The van der Waals surface area contributed by atoms with Gasteiger partial charge in [-0.15, -0.1) is 0 Å². The molecule has 1 saturated carbocycles. The molecule has 1 unspecified atom stereocenters. The lowest BCUT2D eigenvalue weighted by Crippen LogP contribution is -2.50. The van der Waals surface area contributed by atoms with Crippen LogP contribution in [0.4, 0.5) is 5.69 Å². The highest BCUT2D eigenvalue weighted by Crippen LogP contribution is 2.27. The summed E-state index contributed by atoms with van der Waals surface area (Å²) in [5.41, 5.74) is 2.98. The number of hydrogen-bond acceptors (Lipinski definition) is 3. The molecule has 0 aromatic heterocycles. The van der Waals surface area contributed by atoms with Crippen molar-refractivity contribution in [2.45, 2.75) is 71.1 Å². The highest BCUT2D eigenvalue weighted by molar-refractivity contribution is 5.97. The van der Waals surface area contributed by atoms with Crippen molar-refractivity contribution in [3.8, 4) is 5.75 Å². The van der Waals surface area contributed by atoms with Gasteiger partial charge in [0.05, 0.1) is 6.10 Å². The number of nitrogens with zero attached hydrogens (tertiary/aromatic N) is 1. The SMILES string of the molecule is CC(C)CC(=O)N1Cc2ccccc2CC1C(=O)Nc1ccc(OC2CCCC2)cc1. The Kier molecular flexibility index (Phi) is 6.59. The molecular weight excluding hydrogens is 388 g/mol. The lowest BCUT2D eigenvalue weighted by Gasteiger charge is -2.36. The van der Waals surface area contributed by atoms with Crippen molar-refractivity contribution in [2.75, 3.05) is 5.32 Å². The summed E-state index contributed by atoms with van der Waals surface area (Å²) in [7, 11) is 0. The Morgan fingerprint density at radius 1 is 1.03 bits per heavy atom. The fourth-order valence-electron chi connectivity index (χ4n) is 4.53. The average molecular weight is 421 g/mol. The topological polar surface area (TPSA) is 58.6 Å². The lowest BCUT2D eigenvalue weighted by atomic mass is 9.92. The summed E-state index contributed by atoms with van der Waals surface area (Å²) >= 11 is 0. The molecule has 4 rings (SSSR count). The van der Waals surface area contributed by atoms with Crippen molar-refractivity contribution in [3.05, 3.63) is 59.7 Å². The normalized spacial score (nSPS) is 18.7. The van der Waals surface area contributed by atoms with Gasteiger partial charge in [0.1, 0.15) is 11.8 Å². The van der Waals surface area contributed by atoms with Crippen LogP contribution in [-0.2, 0) is 22.6 Å². The average Bonchev–Trinajstić information content (AvgIpc) is 3.26. The van der Waals surface area contributed by atoms with Crippen LogP contribution in [0.25, 0.3) is 0 Å². The van der Waals surface area contributed by atoms with Crippen LogP contribution in [0.3, 0.4) is 0 Å². The van der Waals surface area contributed by atoms with Gasteiger partial charge >= 0.3 is 0 Å². The molecule has 5 heteroatoms. The largest absolute Gasteiger partial charge is 0.490 e. The van der Waals surface area contributed by atoms with Crippen LogP contribution < -0.4 is 10.1 Å². The van der Waals surface area contributed by atoms with Gasteiger partial charge in [0, 0.05) is 25.1 Å². The summed E-state index contributed by atoms with van der Waals surface area (Å²) in [5, 5.41) is 3.01. The number of fused-ring (bicyclic) bond motifs is 1. The maximum Gasteiger partial charge on any atom is 0.247 e. The van der Waals surface area contributed by atoms with Gasteiger partial charge in [-0.05, 0) is 67.0 Å². The van der Waals surface area contributed by atoms with E-state index >= 15 is 0 Å². The fourth-order valence-corrected chi connectivity index (χ4v) is 4.53. The molecule has 1 fully saturated rings. The van der Waals surface area contributed by atoms with Gasteiger partial charge in [-0.2, -0.15) is 0 Å². The number of benzene rings is 2. The van der Waals surface area contributed by atoms with Crippen LogP contribution >= 0.6 is 0 Å². The monoisotopic (exact) mass is 420 g/mol. The third-order valence-corrected chi connectivity index (χ3v) is 6.18. The Labute approximate surface area is 184 Å². The van der Waals surface area contributed by atoms with Gasteiger partial charge in [-0.3, -0.25) is 9.59 Å². The van der Waals surface area contributed by atoms with Crippen molar-refractivity contribution in [3.63, 3.8) is 0 Å². The van der Waals surface area contributed by atoms with E-state index in [2.05, 4.69) is 11.4 Å². The van der Waals surface area contributed by atoms with E-state index in [1.165, 1.54) is 12.8 Å². The molecule has 31 heavy (non-hydrogen) atoms. The molecule has 2 aliphatic rings. The van der Waals surface area contributed by atoms with Crippen LogP contribution in [0.2, 0.25) is 0 Å². The Bertz CT molecular complexity index is 917. The first-order chi connectivity index (χ1) is 15.0. The Hall–Kier alpha value is -2.82. The zero-order valence-corrected chi connectivity index (χ0v) is 18.5. The predicted octanol–water partition coefficient (Wildman–Crippen LogP) is 4.95. The molecule has 2 aromatic carbocycles. The minimum Gasteiger partial charge on any atom is -0.490 e. The minimum atomic E-state index is -0.504. The highest BCUT2D eigenvalue weighted by Gasteiger charge is 2.34. The molecule has 164 valence electrons. The highest BCUT2D eigenvalue weighted by atomic mass is 16.5. The molecule has 0 spiro atoms. The number of nitrogens with one attached hydrogen (secondary N) is 1. The number of ether oxygens (including phenoxy) is 1. The molecule has 2 aromatic rings. The van der Waals surface area contributed by atoms with E-state index < -0.39 is 6.04 Å². The van der Waals surface area contributed by atoms with Crippen LogP contribution in [-0.4, -0.2) is 28.9 Å². The molecule has 2 amide bonds. The molecular formula is C26H32N2O3. The van der Waals surface area contributed by atoms with E-state index in [4.69, 9.17) is 4.74 Å². The predicted molar refractivity (Wildman–Crippen MR) is 122 cm³/mol. The van der Waals surface area contributed by atoms with Gasteiger partial charge < -0.3 is 15.0 Å². The molecule has 1 aliphatic heterocycles. The van der Waals surface area contributed by atoms with E-state index in [0.29, 0.717) is 25.5 Å². The zero-order chi connectivity index (χ0) is 21.8. The first-order valence-corrected chi connectivity index (χ1v) is 11.4. The number of hydrogen-bond donors (Lipinski definition) is 1. The number of rotatable bonds is 6. The van der Waals surface area contributed by atoms with Gasteiger partial charge in [-0.1, -0.05) is 38.1 Å². The van der Waals surface area contributed by atoms with E-state index in [1.807, 2.05) is 56.3 Å². The van der Waals surface area contributed by atoms with E-state index in [1.54, 1.807) is 4.90 Å². The van der Waals surface area contributed by atoms with Crippen molar-refractivity contribution in [1.82, 2.24) is 4.90 Å². The smallest absolute Gasteiger partial charge is 0.247 e. The maximum atomic E-state index is 13.2. The van der Waals surface area contributed by atoms with Crippen LogP contribution in [0.1, 0.15) is 57.1 Å². The summed E-state index contributed by atoms with van der Waals surface area (Å²) in [4.78, 5) is 27.9. The van der Waals surface area contributed by atoms with Gasteiger partial charge in [0.15, 0.2) is 0 Å². The van der Waals surface area contributed by atoms with Gasteiger partial charge in [0.2, 0.25) is 11.8 Å². The third-order valence-electron chi connectivity index (χ3n) is 6.18. The molecule has 0 saturated heterocycles. The first-order valence-electron chi connectivity index (χ1n) is 11.4. The summed E-state index contributed by atoms with van der Waals surface area (Å²) in [5.74, 6) is 0.979. The summed E-state index contributed by atoms with van der Waals surface area (Å²) in [6, 6.07) is 15.1. The summed E-state index contributed by atoms with van der Waals surface area (Å²) in [6.45, 7) is 4.54. The van der Waals surface area contributed by atoms with Crippen molar-refractivity contribution in [1.29, 1.82) is 0 Å². The molecule has 0 radical (unpaired) electrons. The molecule has 1 heterocycles. The Morgan fingerprint density at radius 3 is 2.39 bits per heavy atom. The zero-order valence-electron chi connectivity index (χ0n) is 18.5.